The second kappa shape index (κ2) is 8.64. The van der Waals surface area contributed by atoms with E-state index < -0.39 is 16.0 Å². The van der Waals surface area contributed by atoms with Crippen LogP contribution in [0.1, 0.15) is 26.3 Å². The van der Waals surface area contributed by atoms with Gasteiger partial charge >= 0.3 is 0 Å². The van der Waals surface area contributed by atoms with Gasteiger partial charge in [-0.2, -0.15) is 0 Å². The maximum atomic E-state index is 12.6. The number of carbonyl (C=O) groups excluding carboxylic acids is 1. The van der Waals surface area contributed by atoms with Crippen LogP contribution in [0.2, 0.25) is 0 Å². The largest absolute Gasteiger partial charge is 0.491 e. The molecule has 0 aliphatic rings. The predicted molar refractivity (Wildman–Crippen MR) is 98.6 cm³/mol. The highest BCUT2D eigenvalue weighted by molar-refractivity contribution is 7.85. The van der Waals surface area contributed by atoms with Gasteiger partial charge < -0.3 is 10.1 Å². The first kappa shape index (κ1) is 18.2. The molecule has 128 valence electrons. The summed E-state index contributed by atoms with van der Waals surface area (Å²) in [7, 11) is -1.34. The van der Waals surface area contributed by atoms with E-state index in [4.69, 9.17) is 4.74 Å². The van der Waals surface area contributed by atoms with Crippen LogP contribution in [-0.2, 0) is 21.3 Å². The van der Waals surface area contributed by atoms with E-state index in [1.165, 1.54) is 0 Å². The number of para-hydroxylation sites is 2. The Balaban J connectivity index is 2.02. The van der Waals surface area contributed by atoms with Gasteiger partial charge in [-0.1, -0.05) is 36.4 Å². The van der Waals surface area contributed by atoms with Crippen molar-refractivity contribution in [1.29, 1.82) is 0 Å². The molecule has 2 rings (SSSR count). The van der Waals surface area contributed by atoms with E-state index >= 15 is 0 Å². The number of rotatable bonds is 7. The number of ether oxygens (including phenoxy) is 1. The molecule has 1 N–H and O–H groups in total. The molecule has 0 spiro atoms. The van der Waals surface area contributed by atoms with Crippen LogP contribution in [-0.4, -0.2) is 21.5 Å². The monoisotopic (exact) mass is 345 g/mol. The lowest BCUT2D eigenvalue weighted by Gasteiger charge is -2.16. The second-order valence-electron chi connectivity index (χ2n) is 5.80. The van der Waals surface area contributed by atoms with Crippen molar-refractivity contribution in [3.63, 3.8) is 0 Å². The van der Waals surface area contributed by atoms with Crippen LogP contribution < -0.4 is 10.1 Å². The zero-order valence-corrected chi connectivity index (χ0v) is 15.0. The van der Waals surface area contributed by atoms with Crippen LogP contribution in [0.3, 0.4) is 0 Å². The molecule has 0 aliphatic heterocycles. The number of amides is 1. The molecule has 2 unspecified atom stereocenters. The molecular weight excluding hydrogens is 322 g/mol. The molecule has 24 heavy (non-hydrogen) atoms. The van der Waals surface area contributed by atoms with Gasteiger partial charge in [0.2, 0.25) is 5.91 Å². The molecular formula is C19H23NO3S. The second-order valence-corrected chi connectivity index (χ2v) is 7.55. The summed E-state index contributed by atoms with van der Waals surface area (Å²) in [5.74, 6) is 0.755. The van der Waals surface area contributed by atoms with E-state index in [2.05, 4.69) is 5.32 Å². The van der Waals surface area contributed by atoms with Crippen LogP contribution in [0.15, 0.2) is 54.6 Å². The molecule has 0 fully saturated rings. The van der Waals surface area contributed by atoms with Gasteiger partial charge in [-0.15, -0.1) is 0 Å². The first-order chi connectivity index (χ1) is 11.5. The normalized spacial score (nSPS) is 13.3. The van der Waals surface area contributed by atoms with Gasteiger partial charge in [0.15, 0.2) is 0 Å². The van der Waals surface area contributed by atoms with Gasteiger partial charge in [0.25, 0.3) is 0 Å². The zero-order chi connectivity index (χ0) is 17.5. The fraction of sp³-hybridized carbons (Fsp3) is 0.316. The minimum absolute atomic E-state index is 0.0402. The van der Waals surface area contributed by atoms with E-state index in [9.17, 15) is 9.00 Å². The lowest BCUT2D eigenvalue weighted by atomic mass is 10.2. The topological polar surface area (TPSA) is 55.4 Å². The van der Waals surface area contributed by atoms with Gasteiger partial charge in [0, 0.05) is 22.1 Å². The molecule has 2 aromatic carbocycles. The van der Waals surface area contributed by atoms with Crippen LogP contribution in [0.5, 0.6) is 5.75 Å². The average molecular weight is 345 g/mol. The molecule has 1 amide bonds. The number of hydrogen-bond donors (Lipinski definition) is 1. The first-order valence-electron chi connectivity index (χ1n) is 7.95. The molecule has 0 bridgehead atoms. The minimum atomic E-state index is -1.34. The Morgan fingerprint density at radius 3 is 2.33 bits per heavy atom. The highest BCUT2D eigenvalue weighted by Gasteiger charge is 2.21. The number of nitrogens with one attached hydrogen (secondary N) is 1. The minimum Gasteiger partial charge on any atom is -0.491 e. The van der Waals surface area contributed by atoms with E-state index in [1.807, 2.05) is 56.3 Å². The van der Waals surface area contributed by atoms with Crippen LogP contribution in [0.25, 0.3) is 0 Å². The van der Waals surface area contributed by atoms with E-state index in [0.29, 0.717) is 5.69 Å². The Morgan fingerprint density at radius 1 is 1.04 bits per heavy atom. The van der Waals surface area contributed by atoms with Crippen LogP contribution >= 0.6 is 0 Å². The maximum Gasteiger partial charge on any atom is 0.239 e. The molecule has 2 aromatic rings. The van der Waals surface area contributed by atoms with E-state index in [-0.39, 0.29) is 17.8 Å². The summed E-state index contributed by atoms with van der Waals surface area (Å²) >= 11 is 0. The van der Waals surface area contributed by atoms with Crippen molar-refractivity contribution in [3.8, 4) is 5.75 Å². The van der Waals surface area contributed by atoms with Crippen LogP contribution in [0.4, 0.5) is 5.69 Å². The third-order valence-electron chi connectivity index (χ3n) is 3.44. The number of anilines is 1. The standard InChI is InChI=1S/C19H23NO3S/c1-14(2)23-18-12-8-7-9-16(18)13-24(22)15(3)19(21)20-17-10-5-4-6-11-17/h4-12,14-15H,13H2,1-3H3,(H,20,21). The van der Waals surface area contributed by atoms with E-state index in [1.54, 1.807) is 19.1 Å². The Labute approximate surface area is 145 Å². The van der Waals surface area contributed by atoms with Gasteiger partial charge in [0.1, 0.15) is 11.0 Å². The van der Waals surface area contributed by atoms with Crippen molar-refractivity contribution >= 4 is 22.4 Å². The molecule has 0 saturated carbocycles. The molecule has 0 heterocycles. The Kier molecular flexibility index (Phi) is 6.55. The van der Waals surface area contributed by atoms with Gasteiger partial charge in [0.05, 0.1) is 11.9 Å². The number of benzene rings is 2. The van der Waals surface area contributed by atoms with Crippen molar-refractivity contribution in [2.75, 3.05) is 5.32 Å². The molecule has 4 nitrogen and oxygen atoms in total. The molecule has 2 atom stereocenters. The lowest BCUT2D eigenvalue weighted by molar-refractivity contribution is -0.115. The van der Waals surface area contributed by atoms with Crippen molar-refractivity contribution in [1.82, 2.24) is 0 Å². The molecule has 0 saturated heterocycles. The zero-order valence-electron chi connectivity index (χ0n) is 14.2. The van der Waals surface area contributed by atoms with Crippen molar-refractivity contribution < 1.29 is 13.7 Å². The molecule has 5 heteroatoms. The average Bonchev–Trinajstić information content (AvgIpc) is 2.56. The summed E-state index contributed by atoms with van der Waals surface area (Å²) in [5.41, 5.74) is 1.55. The quantitative estimate of drug-likeness (QED) is 0.831. The summed E-state index contributed by atoms with van der Waals surface area (Å²) in [4.78, 5) is 12.3. The summed E-state index contributed by atoms with van der Waals surface area (Å²) in [5, 5.41) is 2.18. The van der Waals surface area contributed by atoms with Gasteiger partial charge in [-0.05, 0) is 39.0 Å². The van der Waals surface area contributed by atoms with Crippen molar-refractivity contribution in [3.05, 3.63) is 60.2 Å². The van der Waals surface area contributed by atoms with Gasteiger partial charge in [-0.3, -0.25) is 9.00 Å². The summed E-state index contributed by atoms with van der Waals surface area (Å²) in [6.45, 7) is 5.58. The van der Waals surface area contributed by atoms with Crippen LogP contribution in [0, 0.1) is 0 Å². The summed E-state index contributed by atoms with van der Waals surface area (Å²) < 4.78 is 18.3. The fourth-order valence-electron chi connectivity index (χ4n) is 2.16. The third kappa shape index (κ3) is 5.20. The van der Waals surface area contributed by atoms with Crippen molar-refractivity contribution in [2.24, 2.45) is 0 Å². The molecule has 0 radical (unpaired) electrons. The SMILES string of the molecule is CC(C)Oc1ccccc1CS(=O)C(C)C(=O)Nc1ccccc1. The molecule has 0 aromatic heterocycles. The smallest absolute Gasteiger partial charge is 0.239 e. The number of carbonyl (C=O) groups is 1. The van der Waals surface area contributed by atoms with E-state index in [0.717, 1.165) is 11.3 Å². The first-order valence-corrected chi connectivity index (χ1v) is 9.33. The highest BCUT2D eigenvalue weighted by atomic mass is 32.2. The molecule has 0 aliphatic carbocycles. The fourth-order valence-corrected chi connectivity index (χ4v) is 3.25. The van der Waals surface area contributed by atoms with Crippen molar-refractivity contribution in [2.45, 2.75) is 37.9 Å². The Morgan fingerprint density at radius 2 is 1.67 bits per heavy atom. The summed E-state index contributed by atoms with van der Waals surface area (Å²) in [6, 6.07) is 16.7. The third-order valence-corrected chi connectivity index (χ3v) is 5.04. The van der Waals surface area contributed by atoms with Gasteiger partial charge in [-0.25, -0.2) is 0 Å². The Hall–Kier alpha value is -2.14. The lowest BCUT2D eigenvalue weighted by Crippen LogP contribution is -2.29. The summed E-state index contributed by atoms with van der Waals surface area (Å²) in [6.07, 6.45) is 0.0402. The maximum absolute atomic E-state index is 12.6. The Bertz CT molecular complexity index is 701. The predicted octanol–water partition coefficient (Wildman–Crippen LogP) is 3.75. The number of hydrogen-bond acceptors (Lipinski definition) is 3. The highest BCUT2D eigenvalue weighted by Crippen LogP contribution is 2.22.